The van der Waals surface area contributed by atoms with Crippen molar-refractivity contribution in [3.8, 4) is 0 Å². The number of carbonyl (C=O) groups excluding carboxylic acids is 1. The average Bonchev–Trinajstić information content (AvgIpc) is 3.57. The zero-order chi connectivity index (χ0) is 22.1. The van der Waals surface area contributed by atoms with Crippen LogP contribution in [0.1, 0.15) is 43.0 Å². The number of amides is 1. The van der Waals surface area contributed by atoms with Gasteiger partial charge in [0.05, 0.1) is 47.4 Å². The maximum absolute atomic E-state index is 13.4. The van der Waals surface area contributed by atoms with Gasteiger partial charge in [0.2, 0.25) is 0 Å². The summed E-state index contributed by atoms with van der Waals surface area (Å²) in [6.07, 6.45) is 14.2. The van der Waals surface area contributed by atoms with Gasteiger partial charge in [-0.15, -0.1) is 0 Å². The van der Waals surface area contributed by atoms with Crippen LogP contribution in [0.4, 0.5) is 5.82 Å². The fraction of sp³-hybridized carbons (Fsp3) is 0.304. The first-order valence-corrected chi connectivity index (χ1v) is 10.7. The van der Waals surface area contributed by atoms with Gasteiger partial charge in [0.1, 0.15) is 0 Å². The minimum absolute atomic E-state index is 0.153. The molecule has 5 heterocycles. The Bertz CT molecular complexity index is 1190. The van der Waals surface area contributed by atoms with Crippen molar-refractivity contribution in [1.29, 1.82) is 0 Å². The summed E-state index contributed by atoms with van der Waals surface area (Å²) in [5.74, 6) is 0.102. The number of rotatable bonds is 5. The molecule has 0 aliphatic carbocycles. The van der Waals surface area contributed by atoms with Crippen LogP contribution in [0.25, 0.3) is 5.57 Å². The van der Waals surface area contributed by atoms with Crippen molar-refractivity contribution in [2.45, 2.75) is 32.9 Å². The third kappa shape index (κ3) is 3.60. The molecule has 3 aromatic rings. The summed E-state index contributed by atoms with van der Waals surface area (Å²) >= 11 is 0. The average molecular weight is 429 g/mol. The largest absolute Gasteiger partial charge is 0.331 e. The number of hydrogen-bond donors (Lipinski definition) is 0. The Morgan fingerprint density at radius 3 is 2.69 bits per heavy atom. The van der Waals surface area contributed by atoms with Gasteiger partial charge in [-0.2, -0.15) is 10.1 Å². The second-order valence-corrected chi connectivity index (χ2v) is 7.94. The van der Waals surface area contributed by atoms with E-state index in [4.69, 9.17) is 4.98 Å². The van der Waals surface area contributed by atoms with Crippen LogP contribution < -0.4 is 5.01 Å². The molecular formula is C23H24N8O. The van der Waals surface area contributed by atoms with Gasteiger partial charge in [-0.05, 0) is 38.8 Å². The molecule has 1 saturated heterocycles. The number of aromatic nitrogens is 5. The van der Waals surface area contributed by atoms with Gasteiger partial charge in [0.15, 0.2) is 5.82 Å². The highest BCUT2D eigenvalue weighted by molar-refractivity contribution is 6.28. The van der Waals surface area contributed by atoms with Crippen LogP contribution in [-0.2, 0) is 4.79 Å². The van der Waals surface area contributed by atoms with E-state index in [1.165, 1.54) is 30.2 Å². The van der Waals surface area contributed by atoms with Crippen molar-refractivity contribution in [2.75, 3.05) is 18.1 Å². The van der Waals surface area contributed by atoms with E-state index in [2.05, 4.69) is 42.6 Å². The van der Waals surface area contributed by atoms with Crippen molar-refractivity contribution in [1.82, 2.24) is 29.4 Å². The normalized spacial score (nSPS) is 19.1. The van der Waals surface area contributed by atoms with Gasteiger partial charge in [-0.1, -0.05) is 0 Å². The second-order valence-electron chi connectivity index (χ2n) is 7.94. The van der Waals surface area contributed by atoms with Crippen molar-refractivity contribution in [3.05, 3.63) is 72.0 Å². The lowest BCUT2D eigenvalue weighted by atomic mass is 10.0. The number of aryl methyl sites for hydroxylation is 1. The Kier molecular flexibility index (Phi) is 5.32. The molecule has 1 fully saturated rings. The SMILES string of the molecule is Cc1cncc(/C(=C2/C=NN(c3cnccn3)C2=O)c2cccn2C(C)N2CCCC2)n1. The standard InChI is InChI=1S/C23H24N8O/c1-16-12-25-14-19(28-16)22(18-13-27-31(23(18)32)21-15-24-7-8-26-21)20-6-5-11-30(20)17(2)29-9-3-4-10-29/h5-8,11-15,17H,3-4,9-10H2,1-2H3/b22-18+. The van der Waals surface area contributed by atoms with Crippen LogP contribution in [0, 0.1) is 6.92 Å². The molecule has 2 aliphatic heterocycles. The van der Waals surface area contributed by atoms with E-state index in [0.29, 0.717) is 22.7 Å². The lowest BCUT2D eigenvalue weighted by Gasteiger charge is -2.28. The van der Waals surface area contributed by atoms with E-state index in [-0.39, 0.29) is 12.1 Å². The van der Waals surface area contributed by atoms with Crippen LogP contribution in [0.15, 0.2) is 60.0 Å². The summed E-state index contributed by atoms with van der Waals surface area (Å²) in [5, 5.41) is 5.60. The first kappa shape index (κ1) is 20.2. The molecule has 0 N–H and O–H groups in total. The summed E-state index contributed by atoms with van der Waals surface area (Å²) in [6, 6.07) is 4.02. The van der Waals surface area contributed by atoms with Crippen LogP contribution >= 0.6 is 0 Å². The van der Waals surface area contributed by atoms with E-state index in [9.17, 15) is 4.79 Å². The Morgan fingerprint density at radius 1 is 1.09 bits per heavy atom. The van der Waals surface area contributed by atoms with Crippen molar-refractivity contribution < 1.29 is 4.79 Å². The predicted octanol–water partition coefficient (Wildman–Crippen LogP) is 2.83. The molecule has 5 rings (SSSR count). The number of hydrazone groups is 1. The molecular weight excluding hydrogens is 404 g/mol. The highest BCUT2D eigenvalue weighted by Gasteiger charge is 2.32. The van der Waals surface area contributed by atoms with Gasteiger partial charge < -0.3 is 4.57 Å². The molecule has 162 valence electrons. The molecule has 2 aliphatic rings. The topological polar surface area (TPSA) is 92.4 Å². The summed E-state index contributed by atoms with van der Waals surface area (Å²) in [5.41, 5.74) is 3.47. The molecule has 0 saturated carbocycles. The summed E-state index contributed by atoms with van der Waals surface area (Å²) in [4.78, 5) is 33.2. The highest BCUT2D eigenvalue weighted by Crippen LogP contribution is 2.32. The van der Waals surface area contributed by atoms with E-state index in [0.717, 1.165) is 24.5 Å². The van der Waals surface area contributed by atoms with Crippen molar-refractivity contribution >= 4 is 23.5 Å². The molecule has 1 atom stereocenters. The summed E-state index contributed by atoms with van der Waals surface area (Å²) in [6.45, 7) is 6.21. The minimum Gasteiger partial charge on any atom is -0.331 e. The summed E-state index contributed by atoms with van der Waals surface area (Å²) < 4.78 is 2.20. The third-order valence-electron chi connectivity index (χ3n) is 5.88. The molecule has 9 heteroatoms. The number of likely N-dealkylation sites (tertiary alicyclic amines) is 1. The van der Waals surface area contributed by atoms with Gasteiger partial charge in [-0.25, -0.2) is 9.97 Å². The first-order chi connectivity index (χ1) is 15.6. The fourth-order valence-electron chi connectivity index (χ4n) is 4.29. The Labute approximate surface area is 186 Å². The van der Waals surface area contributed by atoms with Gasteiger partial charge in [0, 0.05) is 43.4 Å². The van der Waals surface area contributed by atoms with Crippen LogP contribution in [-0.4, -0.2) is 54.6 Å². The van der Waals surface area contributed by atoms with Crippen LogP contribution in [0.3, 0.4) is 0 Å². The first-order valence-electron chi connectivity index (χ1n) is 10.7. The van der Waals surface area contributed by atoms with Gasteiger partial charge in [-0.3, -0.25) is 19.7 Å². The quantitative estimate of drug-likeness (QED) is 0.580. The molecule has 0 spiro atoms. The van der Waals surface area contributed by atoms with E-state index < -0.39 is 0 Å². The number of nitrogens with zero attached hydrogens (tertiary/aromatic N) is 8. The van der Waals surface area contributed by atoms with Gasteiger partial charge in [0.25, 0.3) is 5.91 Å². The number of anilines is 1. The second kappa shape index (κ2) is 8.43. The summed E-state index contributed by atoms with van der Waals surface area (Å²) in [7, 11) is 0. The molecule has 0 aromatic carbocycles. The maximum atomic E-state index is 13.4. The molecule has 9 nitrogen and oxygen atoms in total. The molecule has 0 bridgehead atoms. The molecule has 0 radical (unpaired) electrons. The minimum atomic E-state index is -0.273. The van der Waals surface area contributed by atoms with Crippen molar-refractivity contribution in [2.24, 2.45) is 5.10 Å². The Morgan fingerprint density at radius 2 is 1.94 bits per heavy atom. The smallest absolute Gasteiger partial charge is 0.282 e. The number of carbonyl (C=O) groups is 1. The molecule has 32 heavy (non-hydrogen) atoms. The fourth-order valence-corrected chi connectivity index (χ4v) is 4.29. The van der Waals surface area contributed by atoms with E-state index in [1.807, 2.05) is 19.1 Å². The lowest BCUT2D eigenvalue weighted by Crippen LogP contribution is -2.29. The molecule has 1 unspecified atom stereocenters. The number of hydrogen-bond acceptors (Lipinski definition) is 7. The van der Waals surface area contributed by atoms with Gasteiger partial charge >= 0.3 is 0 Å². The van der Waals surface area contributed by atoms with Crippen LogP contribution in [0.2, 0.25) is 0 Å². The monoisotopic (exact) mass is 428 g/mol. The lowest BCUT2D eigenvalue weighted by molar-refractivity contribution is -0.114. The highest BCUT2D eigenvalue weighted by atomic mass is 16.2. The third-order valence-corrected chi connectivity index (χ3v) is 5.88. The van der Waals surface area contributed by atoms with Crippen molar-refractivity contribution in [3.63, 3.8) is 0 Å². The van der Waals surface area contributed by atoms with Crippen LogP contribution in [0.5, 0.6) is 0 Å². The zero-order valence-electron chi connectivity index (χ0n) is 18.1. The Hall–Kier alpha value is -3.72. The molecule has 3 aromatic heterocycles. The maximum Gasteiger partial charge on any atom is 0.282 e. The van der Waals surface area contributed by atoms with E-state index >= 15 is 0 Å². The zero-order valence-corrected chi connectivity index (χ0v) is 18.1. The predicted molar refractivity (Wildman–Crippen MR) is 121 cm³/mol. The van der Waals surface area contributed by atoms with E-state index in [1.54, 1.807) is 24.8 Å². The molecule has 1 amide bonds. The Balaban J connectivity index is 1.64.